The summed E-state index contributed by atoms with van der Waals surface area (Å²) in [7, 11) is 0. The average molecular weight is 301 g/mol. The fourth-order valence-corrected chi connectivity index (χ4v) is 2.78. The molecule has 2 rings (SSSR count). The van der Waals surface area contributed by atoms with E-state index in [1.54, 1.807) is 18.2 Å². The van der Waals surface area contributed by atoms with Crippen LogP contribution in [0, 0.1) is 0 Å². The van der Waals surface area contributed by atoms with Crippen molar-refractivity contribution in [3.05, 3.63) is 28.1 Å². The molecule has 0 amide bonds. The molecule has 2 N–H and O–H groups in total. The van der Waals surface area contributed by atoms with Crippen LogP contribution in [0.1, 0.15) is 16.6 Å². The molecule has 0 spiro atoms. The zero-order chi connectivity index (χ0) is 14.2. The number of carbonyl (C=O) groups is 2. The number of carboxylic acids is 2. The van der Waals surface area contributed by atoms with E-state index in [0.29, 0.717) is 15.1 Å². The molecule has 0 aliphatic rings. The van der Waals surface area contributed by atoms with Gasteiger partial charge in [-0.2, -0.15) is 0 Å². The van der Waals surface area contributed by atoms with Crippen LogP contribution in [0.4, 0.5) is 0 Å². The molecule has 2 aromatic rings. The number of hydrogen-bond acceptors (Lipinski definition) is 4. The van der Waals surface area contributed by atoms with Crippen molar-refractivity contribution < 1.29 is 24.5 Å². The molecule has 0 bridgehead atoms. The first-order valence-corrected chi connectivity index (χ1v) is 6.44. The lowest BCUT2D eigenvalue weighted by Gasteiger charge is -2.10. The van der Waals surface area contributed by atoms with Crippen molar-refractivity contribution in [2.24, 2.45) is 0 Å². The summed E-state index contributed by atoms with van der Waals surface area (Å²) in [5.41, 5.74) is 0. The minimum absolute atomic E-state index is 0.0367. The summed E-state index contributed by atoms with van der Waals surface area (Å²) in [6.45, 7) is 1.34. The first-order valence-electron chi connectivity index (χ1n) is 5.25. The number of benzene rings is 1. The number of halogens is 1. The SMILES string of the molecule is CC(Oc1c(C(=O)O)sc2cc(Cl)ccc12)C(=O)O. The van der Waals surface area contributed by atoms with E-state index in [2.05, 4.69) is 0 Å². The van der Waals surface area contributed by atoms with Crippen molar-refractivity contribution in [3.8, 4) is 5.75 Å². The molecule has 0 saturated carbocycles. The first kappa shape index (κ1) is 13.6. The third kappa shape index (κ3) is 2.64. The van der Waals surface area contributed by atoms with Gasteiger partial charge < -0.3 is 14.9 Å². The lowest BCUT2D eigenvalue weighted by Crippen LogP contribution is -2.23. The summed E-state index contributed by atoms with van der Waals surface area (Å²) in [6, 6.07) is 4.83. The van der Waals surface area contributed by atoms with Gasteiger partial charge in [0.05, 0.1) is 0 Å². The minimum atomic E-state index is -1.16. The van der Waals surface area contributed by atoms with Gasteiger partial charge in [0.25, 0.3) is 0 Å². The summed E-state index contributed by atoms with van der Waals surface area (Å²) < 4.78 is 5.88. The standard InChI is InChI=1S/C12H9ClO5S/c1-5(11(14)15)18-9-7-3-2-6(13)4-8(7)19-10(9)12(16)17/h2-5H,1H3,(H,14,15)(H,16,17). The van der Waals surface area contributed by atoms with Crippen molar-refractivity contribution in [2.75, 3.05) is 0 Å². The summed E-state index contributed by atoms with van der Waals surface area (Å²) in [5, 5.41) is 19.0. The van der Waals surface area contributed by atoms with Crippen molar-refractivity contribution >= 4 is 45.0 Å². The fraction of sp³-hybridized carbons (Fsp3) is 0.167. The van der Waals surface area contributed by atoms with Crippen LogP contribution in [0.25, 0.3) is 10.1 Å². The minimum Gasteiger partial charge on any atom is -0.479 e. The van der Waals surface area contributed by atoms with Crippen LogP contribution in [0.3, 0.4) is 0 Å². The lowest BCUT2D eigenvalue weighted by molar-refractivity contribution is -0.144. The molecule has 0 saturated heterocycles. The van der Waals surface area contributed by atoms with Crippen LogP contribution in [-0.2, 0) is 4.79 Å². The van der Waals surface area contributed by atoms with Crippen molar-refractivity contribution in [1.82, 2.24) is 0 Å². The molecule has 5 nitrogen and oxygen atoms in total. The van der Waals surface area contributed by atoms with Crippen LogP contribution in [0.15, 0.2) is 18.2 Å². The van der Waals surface area contributed by atoms with E-state index in [1.807, 2.05) is 0 Å². The number of fused-ring (bicyclic) bond motifs is 1. The Kier molecular flexibility index (Phi) is 3.64. The van der Waals surface area contributed by atoms with Gasteiger partial charge >= 0.3 is 11.9 Å². The van der Waals surface area contributed by atoms with Crippen molar-refractivity contribution in [2.45, 2.75) is 13.0 Å². The monoisotopic (exact) mass is 300 g/mol. The van der Waals surface area contributed by atoms with E-state index < -0.39 is 18.0 Å². The molecule has 1 atom stereocenters. The molecule has 1 unspecified atom stereocenters. The molecule has 0 aliphatic heterocycles. The Morgan fingerprint density at radius 1 is 1.37 bits per heavy atom. The molecule has 1 aromatic heterocycles. The number of aromatic carboxylic acids is 1. The molecular formula is C12H9ClO5S. The third-order valence-corrected chi connectivity index (χ3v) is 3.80. The van der Waals surface area contributed by atoms with E-state index in [-0.39, 0.29) is 10.6 Å². The quantitative estimate of drug-likeness (QED) is 0.906. The summed E-state index contributed by atoms with van der Waals surface area (Å²) in [5.74, 6) is -2.26. The molecule has 19 heavy (non-hydrogen) atoms. The second-order valence-corrected chi connectivity index (χ2v) is 5.29. The van der Waals surface area contributed by atoms with Crippen molar-refractivity contribution in [3.63, 3.8) is 0 Å². The Balaban J connectivity index is 2.58. The van der Waals surface area contributed by atoms with Crippen LogP contribution >= 0.6 is 22.9 Å². The Labute approximate surface area is 117 Å². The number of ether oxygens (including phenoxy) is 1. The number of aliphatic carboxylic acids is 1. The smallest absolute Gasteiger partial charge is 0.349 e. The molecule has 7 heteroatoms. The van der Waals surface area contributed by atoms with E-state index in [1.165, 1.54) is 6.92 Å². The highest BCUT2D eigenvalue weighted by atomic mass is 35.5. The summed E-state index contributed by atoms with van der Waals surface area (Å²) in [4.78, 5) is 21.9. The normalized spacial score (nSPS) is 12.3. The maximum Gasteiger partial charge on any atom is 0.349 e. The van der Waals surface area contributed by atoms with Gasteiger partial charge in [-0.15, -0.1) is 11.3 Å². The molecular weight excluding hydrogens is 292 g/mol. The Hall–Kier alpha value is -1.79. The molecule has 1 aromatic carbocycles. The topological polar surface area (TPSA) is 83.8 Å². The largest absolute Gasteiger partial charge is 0.479 e. The fourth-order valence-electron chi connectivity index (χ4n) is 1.53. The highest BCUT2D eigenvalue weighted by molar-refractivity contribution is 7.21. The second kappa shape index (κ2) is 5.07. The van der Waals surface area contributed by atoms with Crippen LogP contribution < -0.4 is 4.74 Å². The van der Waals surface area contributed by atoms with Crippen LogP contribution in [0.5, 0.6) is 5.75 Å². The van der Waals surface area contributed by atoms with Crippen LogP contribution in [0.2, 0.25) is 5.02 Å². The predicted molar refractivity (Wildman–Crippen MR) is 71.5 cm³/mol. The average Bonchev–Trinajstić information content (AvgIpc) is 2.67. The Bertz CT molecular complexity index is 663. The van der Waals surface area contributed by atoms with Gasteiger partial charge in [0, 0.05) is 15.1 Å². The zero-order valence-corrected chi connectivity index (χ0v) is 11.3. The molecule has 0 aliphatic carbocycles. The van der Waals surface area contributed by atoms with Gasteiger partial charge in [-0.3, -0.25) is 0 Å². The summed E-state index contributed by atoms with van der Waals surface area (Å²) >= 11 is 6.84. The number of thiophene rings is 1. The van der Waals surface area contributed by atoms with Gasteiger partial charge in [-0.25, -0.2) is 9.59 Å². The number of carboxylic acid groups (broad SMARTS) is 2. The van der Waals surface area contributed by atoms with E-state index in [4.69, 9.17) is 26.6 Å². The van der Waals surface area contributed by atoms with Gasteiger partial charge in [0.1, 0.15) is 0 Å². The highest BCUT2D eigenvalue weighted by Crippen LogP contribution is 2.39. The van der Waals surface area contributed by atoms with Crippen molar-refractivity contribution in [1.29, 1.82) is 0 Å². The Morgan fingerprint density at radius 2 is 2.05 bits per heavy atom. The molecule has 0 fully saturated rings. The van der Waals surface area contributed by atoms with Crippen LogP contribution in [-0.4, -0.2) is 28.3 Å². The summed E-state index contributed by atoms with van der Waals surface area (Å²) in [6.07, 6.45) is -1.13. The maximum absolute atomic E-state index is 11.2. The van der Waals surface area contributed by atoms with Gasteiger partial charge in [0.2, 0.25) is 0 Å². The molecule has 100 valence electrons. The lowest BCUT2D eigenvalue weighted by atomic mass is 10.2. The Morgan fingerprint density at radius 3 is 2.63 bits per heavy atom. The highest BCUT2D eigenvalue weighted by Gasteiger charge is 2.23. The zero-order valence-electron chi connectivity index (χ0n) is 9.71. The number of rotatable bonds is 4. The van der Waals surface area contributed by atoms with Gasteiger partial charge in [-0.05, 0) is 25.1 Å². The molecule has 0 radical (unpaired) electrons. The first-order chi connectivity index (χ1) is 8.90. The van der Waals surface area contributed by atoms with Gasteiger partial charge in [-0.1, -0.05) is 11.6 Å². The maximum atomic E-state index is 11.2. The predicted octanol–water partition coefficient (Wildman–Crippen LogP) is 3.10. The van der Waals surface area contributed by atoms with Gasteiger partial charge in [0.15, 0.2) is 16.7 Å². The second-order valence-electron chi connectivity index (χ2n) is 3.80. The third-order valence-electron chi connectivity index (χ3n) is 2.44. The van der Waals surface area contributed by atoms with E-state index >= 15 is 0 Å². The molecule has 1 heterocycles. The number of hydrogen-bond donors (Lipinski definition) is 2. The van der Waals surface area contributed by atoms with E-state index in [0.717, 1.165) is 11.3 Å². The van der Waals surface area contributed by atoms with E-state index in [9.17, 15) is 9.59 Å².